The van der Waals surface area contributed by atoms with Gasteiger partial charge in [0.2, 0.25) is 5.91 Å². The highest BCUT2D eigenvalue weighted by Gasteiger charge is 2.23. The summed E-state index contributed by atoms with van der Waals surface area (Å²) in [5.41, 5.74) is 4.46. The van der Waals surface area contributed by atoms with Crippen molar-refractivity contribution in [1.82, 2.24) is 5.32 Å². The molecule has 1 heterocycles. The molecule has 1 unspecified atom stereocenters. The number of hydrogen-bond donors (Lipinski definition) is 1. The number of fused-ring (bicyclic) bond motifs is 2. The zero-order valence-corrected chi connectivity index (χ0v) is 16.7. The van der Waals surface area contributed by atoms with Crippen LogP contribution < -0.4 is 5.32 Å². The summed E-state index contributed by atoms with van der Waals surface area (Å²) in [6.45, 7) is 0. The normalized spacial score (nSPS) is 17.9. The van der Waals surface area contributed by atoms with E-state index in [4.69, 9.17) is 11.6 Å². The molecule has 0 radical (unpaired) electrons. The molecule has 1 aliphatic heterocycles. The third-order valence-electron chi connectivity index (χ3n) is 5.35. The number of Topliss-reactive ketones (excluding diaryl/α,β-unsaturated/α-hetero) is 1. The smallest absolute Gasteiger partial charge is 0.220 e. The van der Waals surface area contributed by atoms with Crippen LogP contribution in [0.15, 0.2) is 41.3 Å². The lowest BCUT2D eigenvalue weighted by Gasteiger charge is -2.26. The van der Waals surface area contributed by atoms with E-state index < -0.39 is 0 Å². The van der Waals surface area contributed by atoms with Gasteiger partial charge in [0.15, 0.2) is 5.78 Å². The van der Waals surface area contributed by atoms with Gasteiger partial charge in [0.1, 0.15) is 0 Å². The lowest BCUT2D eigenvalue weighted by molar-refractivity contribution is -0.121. The Morgan fingerprint density at radius 1 is 1.07 bits per heavy atom. The second-order valence-corrected chi connectivity index (χ2v) is 8.77. The van der Waals surface area contributed by atoms with Crippen molar-refractivity contribution in [2.75, 3.05) is 5.75 Å². The SMILES string of the molecule is O=C(CCC(=O)c1ccc2c(c1)CCC2)NC1CCSc2ccc(Cl)cc21. The van der Waals surface area contributed by atoms with Gasteiger partial charge in [-0.05, 0) is 66.6 Å². The minimum absolute atomic E-state index is 0.0254. The summed E-state index contributed by atoms with van der Waals surface area (Å²) in [6.07, 6.45) is 4.67. The molecular formula is C22H22ClNO2S. The number of carbonyl (C=O) groups excluding carboxylic acids is 2. The van der Waals surface area contributed by atoms with Crippen molar-refractivity contribution in [3.8, 4) is 0 Å². The van der Waals surface area contributed by atoms with Gasteiger partial charge >= 0.3 is 0 Å². The molecule has 0 spiro atoms. The average Bonchev–Trinajstić information content (AvgIpc) is 3.14. The average molecular weight is 400 g/mol. The molecule has 2 aromatic carbocycles. The molecule has 1 amide bonds. The quantitative estimate of drug-likeness (QED) is 0.707. The third-order valence-corrected chi connectivity index (χ3v) is 6.70. The van der Waals surface area contributed by atoms with Gasteiger partial charge in [-0.2, -0.15) is 0 Å². The number of thioether (sulfide) groups is 1. The number of carbonyl (C=O) groups is 2. The van der Waals surface area contributed by atoms with Crippen LogP contribution in [0.3, 0.4) is 0 Å². The molecule has 2 aromatic rings. The van der Waals surface area contributed by atoms with Gasteiger partial charge in [-0.15, -0.1) is 11.8 Å². The van der Waals surface area contributed by atoms with E-state index in [1.807, 2.05) is 30.3 Å². The van der Waals surface area contributed by atoms with Crippen LogP contribution >= 0.6 is 23.4 Å². The van der Waals surface area contributed by atoms with Gasteiger partial charge < -0.3 is 5.32 Å². The Morgan fingerprint density at radius 3 is 2.81 bits per heavy atom. The highest BCUT2D eigenvalue weighted by molar-refractivity contribution is 7.99. The zero-order valence-electron chi connectivity index (χ0n) is 15.1. The lowest BCUT2D eigenvalue weighted by atomic mass is 10.0. The summed E-state index contributed by atoms with van der Waals surface area (Å²) in [4.78, 5) is 26.1. The van der Waals surface area contributed by atoms with Gasteiger partial charge in [-0.25, -0.2) is 0 Å². The number of aryl methyl sites for hydroxylation is 2. The van der Waals surface area contributed by atoms with Crippen molar-refractivity contribution in [2.45, 2.75) is 49.5 Å². The Bertz CT molecular complexity index is 896. The summed E-state index contributed by atoms with van der Waals surface area (Å²) < 4.78 is 0. The molecule has 0 saturated heterocycles. The Labute approximate surface area is 168 Å². The Kier molecular flexibility index (Phi) is 5.55. The maximum absolute atomic E-state index is 12.5. The van der Waals surface area contributed by atoms with Crippen LogP contribution in [0, 0.1) is 0 Å². The molecule has 4 rings (SSSR count). The van der Waals surface area contributed by atoms with Crippen LogP contribution in [-0.2, 0) is 17.6 Å². The van der Waals surface area contributed by atoms with Crippen molar-refractivity contribution in [2.24, 2.45) is 0 Å². The Balaban J connectivity index is 1.35. The molecule has 140 valence electrons. The molecule has 2 aliphatic rings. The van der Waals surface area contributed by atoms with E-state index in [0.717, 1.165) is 36.1 Å². The third kappa shape index (κ3) is 4.22. The van der Waals surface area contributed by atoms with Gasteiger partial charge in [0.05, 0.1) is 6.04 Å². The standard InChI is InChI=1S/C22H22ClNO2S/c23-17-6-8-21-18(13-17)19(10-11-27-21)24-22(26)9-7-20(25)16-5-4-14-2-1-3-15(14)12-16/h4-6,8,12-13,19H,1-3,7,9-11H2,(H,24,26). The number of nitrogens with one attached hydrogen (secondary N) is 1. The molecule has 0 saturated carbocycles. The van der Waals surface area contributed by atoms with Crippen LogP contribution in [0.5, 0.6) is 0 Å². The minimum atomic E-state index is -0.0765. The fourth-order valence-corrected chi connectivity index (χ4v) is 5.18. The first kappa shape index (κ1) is 18.6. The number of benzene rings is 2. The van der Waals surface area contributed by atoms with Crippen molar-refractivity contribution >= 4 is 35.1 Å². The summed E-state index contributed by atoms with van der Waals surface area (Å²) in [6, 6.07) is 11.8. The van der Waals surface area contributed by atoms with E-state index in [-0.39, 0.29) is 30.6 Å². The van der Waals surface area contributed by atoms with Crippen LogP contribution in [0.2, 0.25) is 5.02 Å². The first-order valence-corrected chi connectivity index (χ1v) is 10.8. The van der Waals surface area contributed by atoms with E-state index in [1.165, 1.54) is 22.4 Å². The number of halogens is 1. The number of rotatable bonds is 5. The molecule has 0 fully saturated rings. The van der Waals surface area contributed by atoms with Crippen LogP contribution in [-0.4, -0.2) is 17.4 Å². The maximum atomic E-state index is 12.5. The van der Waals surface area contributed by atoms with Gasteiger partial charge in [-0.1, -0.05) is 23.7 Å². The van der Waals surface area contributed by atoms with Crippen molar-refractivity contribution < 1.29 is 9.59 Å². The predicted molar refractivity (Wildman–Crippen MR) is 110 cm³/mol. The van der Waals surface area contributed by atoms with Crippen molar-refractivity contribution in [3.05, 3.63) is 63.7 Å². The van der Waals surface area contributed by atoms with Crippen LogP contribution in [0.1, 0.15) is 58.8 Å². The Hall–Kier alpha value is -1.78. The lowest BCUT2D eigenvalue weighted by Crippen LogP contribution is -2.30. The van der Waals surface area contributed by atoms with Gasteiger partial charge in [-0.3, -0.25) is 9.59 Å². The monoisotopic (exact) mass is 399 g/mol. The van der Waals surface area contributed by atoms with E-state index in [2.05, 4.69) is 11.4 Å². The number of ketones is 1. The summed E-state index contributed by atoms with van der Waals surface area (Å²) in [7, 11) is 0. The maximum Gasteiger partial charge on any atom is 0.220 e. The molecule has 1 atom stereocenters. The highest BCUT2D eigenvalue weighted by atomic mass is 35.5. The number of amides is 1. The molecule has 0 bridgehead atoms. The summed E-state index contributed by atoms with van der Waals surface area (Å²) in [5.74, 6) is 0.933. The molecule has 5 heteroatoms. The van der Waals surface area contributed by atoms with E-state index >= 15 is 0 Å². The molecule has 0 aromatic heterocycles. The summed E-state index contributed by atoms with van der Waals surface area (Å²) >= 11 is 7.91. The van der Waals surface area contributed by atoms with Crippen molar-refractivity contribution in [3.63, 3.8) is 0 Å². The first-order chi connectivity index (χ1) is 13.1. The number of hydrogen-bond acceptors (Lipinski definition) is 3. The predicted octanol–water partition coefficient (Wildman–Crippen LogP) is 5.14. The highest BCUT2D eigenvalue weighted by Crippen LogP contribution is 2.37. The molecular weight excluding hydrogens is 378 g/mol. The van der Waals surface area contributed by atoms with E-state index in [0.29, 0.717) is 5.02 Å². The second-order valence-electron chi connectivity index (χ2n) is 7.20. The largest absolute Gasteiger partial charge is 0.349 e. The topological polar surface area (TPSA) is 46.2 Å². The minimum Gasteiger partial charge on any atom is -0.349 e. The van der Waals surface area contributed by atoms with Crippen LogP contribution in [0.4, 0.5) is 0 Å². The molecule has 1 N–H and O–H groups in total. The van der Waals surface area contributed by atoms with Crippen molar-refractivity contribution in [1.29, 1.82) is 0 Å². The van der Waals surface area contributed by atoms with E-state index in [1.54, 1.807) is 11.8 Å². The second kappa shape index (κ2) is 8.07. The Morgan fingerprint density at radius 2 is 1.93 bits per heavy atom. The zero-order chi connectivity index (χ0) is 18.8. The first-order valence-electron chi connectivity index (χ1n) is 9.47. The van der Waals surface area contributed by atoms with Gasteiger partial charge in [0, 0.05) is 34.1 Å². The fraction of sp³-hybridized carbons (Fsp3) is 0.364. The van der Waals surface area contributed by atoms with Crippen LogP contribution in [0.25, 0.3) is 0 Å². The molecule has 27 heavy (non-hydrogen) atoms. The molecule has 1 aliphatic carbocycles. The molecule has 3 nitrogen and oxygen atoms in total. The fourth-order valence-electron chi connectivity index (χ4n) is 3.90. The summed E-state index contributed by atoms with van der Waals surface area (Å²) in [5, 5.41) is 3.77. The van der Waals surface area contributed by atoms with Gasteiger partial charge in [0.25, 0.3) is 0 Å². The van der Waals surface area contributed by atoms with E-state index in [9.17, 15) is 9.59 Å².